The van der Waals surface area contributed by atoms with E-state index in [9.17, 15) is 4.79 Å². The highest BCUT2D eigenvalue weighted by atomic mass is 16.1. The highest BCUT2D eigenvalue weighted by Gasteiger charge is 2.06. The molecule has 80 valence electrons. The van der Waals surface area contributed by atoms with Crippen molar-refractivity contribution in [1.82, 2.24) is 0 Å². The number of carbonyl (C=O) groups is 1. The Hall–Kier alpha value is -1.37. The van der Waals surface area contributed by atoms with Gasteiger partial charge in [-0.2, -0.15) is 0 Å². The normalized spacial score (nSPS) is 11.9. The molecule has 0 fully saturated rings. The molecule has 1 rings (SSSR count). The lowest BCUT2D eigenvalue weighted by Gasteiger charge is -2.10. The number of allylic oxidation sites excluding steroid dienone is 2. The predicted molar refractivity (Wildman–Crippen MR) is 65.0 cm³/mol. The summed E-state index contributed by atoms with van der Waals surface area (Å²) in [7, 11) is 0. The molecule has 0 N–H and O–H groups in total. The molecule has 0 atom stereocenters. The summed E-state index contributed by atoms with van der Waals surface area (Å²) in [4.78, 5) is 10.9. The van der Waals surface area contributed by atoms with Gasteiger partial charge in [-0.15, -0.1) is 0 Å². The van der Waals surface area contributed by atoms with Crippen LogP contribution in [0.3, 0.4) is 0 Å². The molecular formula is C14H18O. The van der Waals surface area contributed by atoms with Crippen LogP contribution >= 0.6 is 0 Å². The smallest absolute Gasteiger partial charge is 0.150 e. The number of carbonyl (C=O) groups excluding carboxylic acids is 1. The Labute approximate surface area is 91.8 Å². The van der Waals surface area contributed by atoms with Gasteiger partial charge in [0, 0.05) is 5.57 Å². The van der Waals surface area contributed by atoms with Gasteiger partial charge in [0.25, 0.3) is 0 Å². The molecule has 1 aromatic rings. The largest absolute Gasteiger partial charge is 0.298 e. The van der Waals surface area contributed by atoms with Gasteiger partial charge < -0.3 is 0 Å². The van der Waals surface area contributed by atoms with Crippen LogP contribution in [0.2, 0.25) is 0 Å². The summed E-state index contributed by atoms with van der Waals surface area (Å²) in [6.07, 6.45) is 2.78. The van der Waals surface area contributed by atoms with E-state index in [1.165, 1.54) is 5.56 Å². The molecule has 0 saturated heterocycles. The third kappa shape index (κ3) is 2.56. The first kappa shape index (κ1) is 11.7. The van der Waals surface area contributed by atoms with E-state index in [2.05, 4.69) is 32.0 Å². The zero-order valence-corrected chi connectivity index (χ0v) is 9.87. The van der Waals surface area contributed by atoms with Gasteiger partial charge in [-0.25, -0.2) is 0 Å². The Morgan fingerprint density at radius 2 is 2.00 bits per heavy atom. The summed E-state index contributed by atoms with van der Waals surface area (Å²) < 4.78 is 0. The second kappa shape index (κ2) is 4.92. The van der Waals surface area contributed by atoms with Crippen molar-refractivity contribution in [3.63, 3.8) is 0 Å². The van der Waals surface area contributed by atoms with Crippen LogP contribution in [0.25, 0.3) is 5.57 Å². The van der Waals surface area contributed by atoms with Crippen LogP contribution in [-0.4, -0.2) is 6.29 Å². The van der Waals surface area contributed by atoms with E-state index in [1.807, 2.05) is 19.9 Å². The van der Waals surface area contributed by atoms with Gasteiger partial charge in [0.1, 0.15) is 6.29 Å². The first-order valence-corrected chi connectivity index (χ1v) is 5.32. The number of benzene rings is 1. The Morgan fingerprint density at radius 3 is 2.47 bits per heavy atom. The number of aryl methyl sites for hydroxylation is 1. The molecule has 1 heteroatoms. The standard InChI is InChI=1S/C14H18O/c1-5-12(9-15)14-8-13(10(2)3)7-6-11(14)4/h5-10H,1-4H3/b12-5-. The minimum atomic E-state index is 0.495. The maximum absolute atomic E-state index is 10.9. The second-order valence-corrected chi connectivity index (χ2v) is 4.09. The van der Waals surface area contributed by atoms with Crippen LogP contribution in [0.5, 0.6) is 0 Å². The molecule has 0 radical (unpaired) electrons. The van der Waals surface area contributed by atoms with Crippen LogP contribution in [0.15, 0.2) is 24.3 Å². The molecule has 0 aliphatic heterocycles. The number of aldehydes is 1. The molecule has 0 bridgehead atoms. The summed E-state index contributed by atoms with van der Waals surface area (Å²) in [5.41, 5.74) is 4.25. The first-order chi connectivity index (χ1) is 7.10. The predicted octanol–water partition coefficient (Wildman–Crippen LogP) is 3.72. The molecule has 0 aliphatic rings. The topological polar surface area (TPSA) is 17.1 Å². The van der Waals surface area contributed by atoms with Crippen molar-refractivity contribution in [2.75, 3.05) is 0 Å². The molecule has 0 heterocycles. The molecule has 1 nitrogen and oxygen atoms in total. The Kier molecular flexibility index (Phi) is 3.84. The molecule has 0 aromatic heterocycles. The maximum Gasteiger partial charge on any atom is 0.150 e. The average molecular weight is 202 g/mol. The van der Waals surface area contributed by atoms with E-state index in [-0.39, 0.29) is 0 Å². The van der Waals surface area contributed by atoms with E-state index in [0.717, 1.165) is 23.0 Å². The fourth-order valence-corrected chi connectivity index (χ4v) is 1.60. The summed E-state index contributed by atoms with van der Waals surface area (Å²) in [6, 6.07) is 6.32. The fourth-order valence-electron chi connectivity index (χ4n) is 1.60. The highest BCUT2D eigenvalue weighted by Crippen LogP contribution is 2.23. The van der Waals surface area contributed by atoms with Crippen molar-refractivity contribution >= 4 is 11.9 Å². The highest BCUT2D eigenvalue weighted by molar-refractivity contribution is 6.07. The number of hydrogen-bond donors (Lipinski definition) is 0. The lowest BCUT2D eigenvalue weighted by Crippen LogP contribution is -1.94. The van der Waals surface area contributed by atoms with E-state index in [1.54, 1.807) is 0 Å². The van der Waals surface area contributed by atoms with E-state index in [4.69, 9.17) is 0 Å². The molecule has 0 spiro atoms. The van der Waals surface area contributed by atoms with Gasteiger partial charge in [-0.1, -0.05) is 38.1 Å². The summed E-state index contributed by atoms with van der Waals surface area (Å²) in [6.45, 7) is 8.24. The molecule has 0 saturated carbocycles. The van der Waals surface area contributed by atoms with Gasteiger partial charge in [-0.3, -0.25) is 4.79 Å². The monoisotopic (exact) mass is 202 g/mol. The van der Waals surface area contributed by atoms with Gasteiger partial charge >= 0.3 is 0 Å². The first-order valence-electron chi connectivity index (χ1n) is 5.32. The second-order valence-electron chi connectivity index (χ2n) is 4.09. The van der Waals surface area contributed by atoms with Gasteiger partial charge in [0.15, 0.2) is 0 Å². The van der Waals surface area contributed by atoms with Crippen LogP contribution in [0, 0.1) is 6.92 Å². The summed E-state index contributed by atoms with van der Waals surface area (Å²) in [5, 5.41) is 0. The third-order valence-corrected chi connectivity index (χ3v) is 2.68. The van der Waals surface area contributed by atoms with Crippen molar-refractivity contribution in [1.29, 1.82) is 0 Å². The number of hydrogen-bond acceptors (Lipinski definition) is 1. The van der Waals surface area contributed by atoms with Crippen molar-refractivity contribution in [2.24, 2.45) is 0 Å². The molecule has 1 aromatic carbocycles. The van der Waals surface area contributed by atoms with Crippen molar-refractivity contribution in [2.45, 2.75) is 33.6 Å². The molecule has 0 amide bonds. The van der Waals surface area contributed by atoms with Crippen LogP contribution in [0.4, 0.5) is 0 Å². The molecule has 0 unspecified atom stereocenters. The molecule has 15 heavy (non-hydrogen) atoms. The quantitative estimate of drug-likeness (QED) is 0.539. The van der Waals surface area contributed by atoms with E-state index in [0.29, 0.717) is 5.92 Å². The average Bonchev–Trinajstić information content (AvgIpc) is 2.22. The molecule has 0 aliphatic carbocycles. The van der Waals surface area contributed by atoms with Crippen molar-refractivity contribution in [3.8, 4) is 0 Å². The van der Waals surface area contributed by atoms with E-state index >= 15 is 0 Å². The van der Waals surface area contributed by atoms with Gasteiger partial charge in [0.05, 0.1) is 0 Å². The van der Waals surface area contributed by atoms with Crippen molar-refractivity contribution in [3.05, 3.63) is 41.0 Å². The zero-order valence-electron chi connectivity index (χ0n) is 9.87. The lowest BCUT2D eigenvalue weighted by atomic mass is 9.94. The Bertz CT molecular complexity index is 386. The van der Waals surface area contributed by atoms with Crippen LogP contribution in [0.1, 0.15) is 43.4 Å². The van der Waals surface area contributed by atoms with E-state index < -0.39 is 0 Å². The minimum absolute atomic E-state index is 0.495. The summed E-state index contributed by atoms with van der Waals surface area (Å²) in [5.74, 6) is 0.495. The van der Waals surface area contributed by atoms with Crippen LogP contribution < -0.4 is 0 Å². The summed E-state index contributed by atoms with van der Waals surface area (Å²) >= 11 is 0. The SMILES string of the molecule is C/C=C(/C=O)c1cc(C(C)C)ccc1C. The molecular weight excluding hydrogens is 184 g/mol. The maximum atomic E-state index is 10.9. The van der Waals surface area contributed by atoms with Gasteiger partial charge in [0.2, 0.25) is 0 Å². The lowest BCUT2D eigenvalue weighted by molar-refractivity contribution is -0.103. The zero-order chi connectivity index (χ0) is 11.4. The Balaban J connectivity index is 3.27. The third-order valence-electron chi connectivity index (χ3n) is 2.68. The van der Waals surface area contributed by atoms with Gasteiger partial charge in [-0.05, 0) is 36.5 Å². The number of rotatable bonds is 3. The Morgan fingerprint density at radius 1 is 1.33 bits per heavy atom. The van der Waals surface area contributed by atoms with Crippen LogP contribution in [-0.2, 0) is 4.79 Å². The minimum Gasteiger partial charge on any atom is -0.298 e. The fraction of sp³-hybridized carbons (Fsp3) is 0.357. The van der Waals surface area contributed by atoms with Crippen molar-refractivity contribution < 1.29 is 4.79 Å².